The summed E-state index contributed by atoms with van der Waals surface area (Å²) in [6, 6.07) is 5.36. The molecule has 140 valence electrons. The molecule has 1 fully saturated rings. The van der Waals surface area contributed by atoms with Crippen molar-refractivity contribution in [1.82, 2.24) is 20.2 Å². The molecular formula is C17H21Cl2N5OS. The molecular weight excluding hydrogens is 393 g/mol. The maximum Gasteiger partial charge on any atom is 0.233 e. The van der Waals surface area contributed by atoms with Crippen LogP contribution in [0.25, 0.3) is 11.4 Å². The maximum absolute atomic E-state index is 12.4. The lowest BCUT2D eigenvalue weighted by Crippen LogP contribution is -2.40. The largest absolute Gasteiger partial charge is 0.352 e. The van der Waals surface area contributed by atoms with Crippen molar-refractivity contribution in [2.75, 3.05) is 5.84 Å². The van der Waals surface area contributed by atoms with Crippen LogP contribution in [0, 0.1) is 0 Å². The highest BCUT2D eigenvalue weighted by Gasteiger charge is 2.23. The minimum absolute atomic E-state index is 0.00373. The van der Waals surface area contributed by atoms with Crippen molar-refractivity contribution in [3.63, 3.8) is 0 Å². The Kier molecular flexibility index (Phi) is 6.32. The smallest absolute Gasteiger partial charge is 0.233 e. The van der Waals surface area contributed by atoms with Gasteiger partial charge in [-0.05, 0) is 38.0 Å². The van der Waals surface area contributed by atoms with Crippen LogP contribution >= 0.6 is 35.0 Å². The number of benzene rings is 1. The van der Waals surface area contributed by atoms with Crippen LogP contribution < -0.4 is 11.2 Å². The molecule has 26 heavy (non-hydrogen) atoms. The Labute approximate surface area is 166 Å². The van der Waals surface area contributed by atoms with E-state index in [1.807, 2.05) is 6.92 Å². The van der Waals surface area contributed by atoms with E-state index in [2.05, 4.69) is 15.5 Å². The third kappa shape index (κ3) is 4.45. The van der Waals surface area contributed by atoms with Crippen molar-refractivity contribution in [2.24, 2.45) is 0 Å². The Morgan fingerprint density at radius 2 is 2.04 bits per heavy atom. The Hall–Kier alpha value is -1.44. The Bertz CT molecular complexity index is 791. The third-order valence-electron chi connectivity index (χ3n) is 4.44. The van der Waals surface area contributed by atoms with Gasteiger partial charge in [-0.15, -0.1) is 10.2 Å². The van der Waals surface area contributed by atoms with Crippen molar-refractivity contribution in [1.29, 1.82) is 0 Å². The third-order valence-corrected chi connectivity index (χ3v) is 6.04. The van der Waals surface area contributed by atoms with Gasteiger partial charge in [0, 0.05) is 16.6 Å². The SMILES string of the molecule is CC(Sc1nnc(-c2ccc(Cl)cc2Cl)n1N)C(=O)NC1CCCCC1. The fourth-order valence-corrected chi connectivity index (χ4v) is 4.26. The summed E-state index contributed by atoms with van der Waals surface area (Å²) in [5.74, 6) is 6.54. The number of hydrogen-bond donors (Lipinski definition) is 2. The molecule has 1 heterocycles. The summed E-state index contributed by atoms with van der Waals surface area (Å²) in [4.78, 5) is 12.4. The standard InChI is InChI=1S/C17H21Cl2N5OS/c1-10(16(25)21-12-5-3-2-4-6-12)26-17-23-22-15(24(17)20)13-8-7-11(18)9-14(13)19/h7-10,12H,2-6,20H2,1H3,(H,21,25). The molecule has 1 aliphatic rings. The van der Waals surface area contributed by atoms with Gasteiger partial charge in [0.05, 0.1) is 10.3 Å². The van der Waals surface area contributed by atoms with E-state index in [0.29, 0.717) is 26.6 Å². The van der Waals surface area contributed by atoms with Crippen molar-refractivity contribution in [2.45, 2.75) is 55.5 Å². The van der Waals surface area contributed by atoms with E-state index in [0.717, 1.165) is 12.8 Å². The number of carbonyl (C=O) groups excluding carboxylic acids is 1. The van der Waals surface area contributed by atoms with Gasteiger partial charge in [0.1, 0.15) is 0 Å². The van der Waals surface area contributed by atoms with E-state index in [1.54, 1.807) is 18.2 Å². The Morgan fingerprint density at radius 1 is 1.31 bits per heavy atom. The molecule has 0 spiro atoms. The zero-order valence-electron chi connectivity index (χ0n) is 14.4. The van der Waals surface area contributed by atoms with E-state index in [4.69, 9.17) is 29.0 Å². The minimum atomic E-state index is -0.322. The maximum atomic E-state index is 12.4. The monoisotopic (exact) mass is 413 g/mol. The molecule has 0 aliphatic heterocycles. The number of nitrogens with one attached hydrogen (secondary N) is 1. The van der Waals surface area contributed by atoms with Gasteiger partial charge in [0.15, 0.2) is 5.82 Å². The molecule has 1 amide bonds. The lowest BCUT2D eigenvalue weighted by molar-refractivity contribution is -0.121. The number of nitrogens with zero attached hydrogens (tertiary/aromatic N) is 3. The van der Waals surface area contributed by atoms with Gasteiger partial charge in [-0.3, -0.25) is 4.79 Å². The average Bonchev–Trinajstić information content (AvgIpc) is 2.96. The van der Waals surface area contributed by atoms with Gasteiger partial charge >= 0.3 is 0 Å². The number of rotatable bonds is 5. The Morgan fingerprint density at radius 3 is 2.73 bits per heavy atom. The predicted octanol–water partition coefficient (Wildman–Crippen LogP) is 3.90. The van der Waals surface area contributed by atoms with Crippen molar-refractivity contribution in [3.05, 3.63) is 28.2 Å². The highest BCUT2D eigenvalue weighted by atomic mass is 35.5. The first-order valence-corrected chi connectivity index (χ1v) is 10.2. The van der Waals surface area contributed by atoms with Gasteiger partial charge in [-0.1, -0.05) is 54.2 Å². The first-order chi connectivity index (χ1) is 12.5. The van der Waals surface area contributed by atoms with Crippen molar-refractivity contribution < 1.29 is 4.79 Å². The van der Waals surface area contributed by atoms with Crippen LogP contribution in [0.3, 0.4) is 0 Å². The number of halogens is 2. The van der Waals surface area contributed by atoms with Crippen LogP contribution in [0.15, 0.2) is 23.4 Å². The summed E-state index contributed by atoms with van der Waals surface area (Å²) in [6.07, 6.45) is 5.71. The lowest BCUT2D eigenvalue weighted by atomic mass is 9.95. The molecule has 0 saturated heterocycles. The molecule has 6 nitrogen and oxygen atoms in total. The van der Waals surface area contributed by atoms with Crippen LogP contribution in [-0.4, -0.2) is 32.1 Å². The summed E-state index contributed by atoms with van der Waals surface area (Å²) in [6.45, 7) is 1.84. The predicted molar refractivity (Wildman–Crippen MR) is 106 cm³/mol. The zero-order valence-corrected chi connectivity index (χ0v) is 16.7. The number of amides is 1. The van der Waals surface area contributed by atoms with Crippen LogP contribution in [-0.2, 0) is 4.79 Å². The van der Waals surface area contributed by atoms with Gasteiger partial charge in [-0.2, -0.15) is 0 Å². The normalized spacial score (nSPS) is 16.4. The Balaban J connectivity index is 1.68. The van der Waals surface area contributed by atoms with E-state index in [1.165, 1.54) is 35.7 Å². The second-order valence-electron chi connectivity index (χ2n) is 6.40. The number of thioether (sulfide) groups is 1. The molecule has 0 bridgehead atoms. The number of carbonyl (C=O) groups is 1. The molecule has 1 unspecified atom stereocenters. The summed E-state index contributed by atoms with van der Waals surface area (Å²) >= 11 is 13.4. The fourth-order valence-electron chi connectivity index (χ4n) is 2.99. The lowest BCUT2D eigenvalue weighted by Gasteiger charge is -2.24. The molecule has 1 atom stereocenters. The van der Waals surface area contributed by atoms with E-state index < -0.39 is 0 Å². The zero-order chi connectivity index (χ0) is 18.7. The number of nitrogens with two attached hydrogens (primary N) is 1. The van der Waals surface area contributed by atoms with Crippen LogP contribution in [0.2, 0.25) is 10.0 Å². The summed E-state index contributed by atoms with van der Waals surface area (Å²) in [5.41, 5.74) is 0.636. The van der Waals surface area contributed by atoms with E-state index >= 15 is 0 Å². The quantitative estimate of drug-likeness (QED) is 0.573. The molecule has 0 radical (unpaired) electrons. The molecule has 9 heteroatoms. The second kappa shape index (κ2) is 8.50. The molecule has 1 aromatic carbocycles. The number of aromatic nitrogens is 3. The summed E-state index contributed by atoms with van der Waals surface area (Å²) in [5, 5.41) is 12.4. The second-order valence-corrected chi connectivity index (χ2v) is 8.56. The first kappa shape index (κ1) is 19.3. The van der Waals surface area contributed by atoms with Gasteiger partial charge in [0.2, 0.25) is 11.1 Å². The average molecular weight is 414 g/mol. The molecule has 1 aliphatic carbocycles. The number of hydrogen-bond acceptors (Lipinski definition) is 5. The van der Waals surface area contributed by atoms with Gasteiger partial charge in [-0.25, -0.2) is 4.68 Å². The summed E-state index contributed by atoms with van der Waals surface area (Å²) in [7, 11) is 0. The van der Waals surface area contributed by atoms with Crippen LogP contribution in [0.5, 0.6) is 0 Å². The molecule has 1 saturated carbocycles. The topological polar surface area (TPSA) is 85.8 Å². The number of nitrogen functional groups attached to an aromatic ring is 1. The van der Waals surface area contributed by atoms with Gasteiger partial charge in [0.25, 0.3) is 0 Å². The van der Waals surface area contributed by atoms with Crippen LogP contribution in [0.4, 0.5) is 0 Å². The molecule has 2 aromatic rings. The molecule has 3 rings (SSSR count). The van der Waals surface area contributed by atoms with Crippen molar-refractivity contribution >= 4 is 40.9 Å². The molecule has 3 N–H and O–H groups in total. The highest BCUT2D eigenvalue weighted by Crippen LogP contribution is 2.31. The van der Waals surface area contributed by atoms with Crippen molar-refractivity contribution in [3.8, 4) is 11.4 Å². The molecule has 1 aromatic heterocycles. The fraction of sp³-hybridized carbons (Fsp3) is 0.471. The van der Waals surface area contributed by atoms with Gasteiger partial charge < -0.3 is 11.2 Å². The first-order valence-electron chi connectivity index (χ1n) is 8.58. The highest BCUT2D eigenvalue weighted by molar-refractivity contribution is 8.00. The van der Waals surface area contributed by atoms with E-state index in [-0.39, 0.29) is 17.2 Å². The van der Waals surface area contributed by atoms with Crippen LogP contribution in [0.1, 0.15) is 39.0 Å². The minimum Gasteiger partial charge on any atom is -0.352 e. The van der Waals surface area contributed by atoms with E-state index in [9.17, 15) is 4.79 Å². The summed E-state index contributed by atoms with van der Waals surface area (Å²) < 4.78 is 1.35.